The summed E-state index contributed by atoms with van der Waals surface area (Å²) in [6, 6.07) is 7.72. The Balaban J connectivity index is 2.14. The van der Waals surface area contributed by atoms with Gasteiger partial charge in [-0.25, -0.2) is 0 Å². The number of hydrogen-bond acceptors (Lipinski definition) is 7. The zero-order valence-electron chi connectivity index (χ0n) is 18.0. The van der Waals surface area contributed by atoms with Crippen molar-refractivity contribution in [3.63, 3.8) is 0 Å². The molecule has 15 heteroatoms. The average molecular weight is 518 g/mol. The van der Waals surface area contributed by atoms with E-state index in [9.17, 15) is 41.3 Å². The van der Waals surface area contributed by atoms with Gasteiger partial charge in [0.25, 0.3) is 23.0 Å². The SMILES string of the molecule is C=CCCC(OCc1ccccc1)(c1nnc(-c2[nH]c(=O)c(C(F)(F)F)cc2[N+](=O)[O-])o1)C(F)(F)F. The van der Waals surface area contributed by atoms with Crippen molar-refractivity contribution in [1.82, 2.24) is 15.2 Å². The van der Waals surface area contributed by atoms with Gasteiger partial charge in [-0.05, 0) is 18.4 Å². The summed E-state index contributed by atoms with van der Waals surface area (Å²) in [6.45, 7) is 2.83. The number of nitrogens with zero attached hydrogens (tertiary/aromatic N) is 3. The molecule has 0 fully saturated rings. The van der Waals surface area contributed by atoms with Crippen LogP contribution in [0.15, 0.2) is 58.3 Å². The van der Waals surface area contributed by atoms with Crippen LogP contribution in [0.2, 0.25) is 0 Å². The second kappa shape index (κ2) is 9.93. The lowest BCUT2D eigenvalue weighted by atomic mass is 9.96. The molecule has 36 heavy (non-hydrogen) atoms. The zero-order valence-corrected chi connectivity index (χ0v) is 18.0. The Morgan fingerprint density at radius 2 is 1.81 bits per heavy atom. The van der Waals surface area contributed by atoms with Crippen LogP contribution in [0.5, 0.6) is 0 Å². The molecule has 1 atom stereocenters. The minimum Gasteiger partial charge on any atom is -0.416 e. The summed E-state index contributed by atoms with van der Waals surface area (Å²) in [6.07, 6.45) is -10.2. The van der Waals surface area contributed by atoms with Gasteiger partial charge in [-0.15, -0.1) is 16.8 Å². The van der Waals surface area contributed by atoms with E-state index in [0.29, 0.717) is 5.56 Å². The van der Waals surface area contributed by atoms with Gasteiger partial charge in [0.2, 0.25) is 5.60 Å². The smallest absolute Gasteiger partial charge is 0.416 e. The first kappa shape index (κ1) is 26.6. The number of hydrogen-bond donors (Lipinski definition) is 1. The number of ether oxygens (including phenoxy) is 1. The normalized spacial score (nSPS) is 13.8. The molecule has 9 nitrogen and oxygen atoms in total. The number of aromatic nitrogens is 3. The fourth-order valence-electron chi connectivity index (χ4n) is 3.20. The second-order valence-corrected chi connectivity index (χ2v) is 7.37. The first-order chi connectivity index (χ1) is 16.8. The summed E-state index contributed by atoms with van der Waals surface area (Å²) in [7, 11) is 0. The van der Waals surface area contributed by atoms with Gasteiger partial charge in [0.05, 0.1) is 11.5 Å². The third kappa shape index (κ3) is 5.30. The van der Waals surface area contributed by atoms with Gasteiger partial charge >= 0.3 is 12.4 Å². The summed E-state index contributed by atoms with van der Waals surface area (Å²) in [5, 5.41) is 18.0. The van der Waals surface area contributed by atoms with Crippen LogP contribution in [0.4, 0.5) is 32.0 Å². The van der Waals surface area contributed by atoms with E-state index in [1.807, 2.05) is 0 Å². The van der Waals surface area contributed by atoms with Crippen molar-refractivity contribution in [3.8, 4) is 11.6 Å². The highest BCUT2D eigenvalue weighted by atomic mass is 19.4. The zero-order chi connectivity index (χ0) is 26.7. The summed E-state index contributed by atoms with van der Waals surface area (Å²) in [5.41, 5.74) is -8.84. The molecule has 3 aromatic rings. The maximum atomic E-state index is 14.4. The number of rotatable bonds is 9. The molecule has 0 radical (unpaired) electrons. The number of H-pyrrole nitrogens is 1. The van der Waals surface area contributed by atoms with Gasteiger partial charge in [0.15, 0.2) is 5.69 Å². The summed E-state index contributed by atoms with van der Waals surface area (Å²) in [5.74, 6) is -2.18. The van der Waals surface area contributed by atoms with Gasteiger partial charge in [-0.1, -0.05) is 36.4 Å². The Bertz CT molecular complexity index is 1300. The molecule has 0 bridgehead atoms. The van der Waals surface area contributed by atoms with Crippen molar-refractivity contribution in [2.75, 3.05) is 0 Å². The topological polar surface area (TPSA) is 124 Å². The molecule has 0 saturated carbocycles. The number of nitro groups is 1. The van der Waals surface area contributed by atoms with Crippen LogP contribution >= 0.6 is 0 Å². The third-order valence-corrected chi connectivity index (χ3v) is 4.99. The highest BCUT2D eigenvalue weighted by Crippen LogP contribution is 2.46. The van der Waals surface area contributed by atoms with E-state index >= 15 is 0 Å². The van der Waals surface area contributed by atoms with E-state index in [4.69, 9.17) is 9.15 Å². The van der Waals surface area contributed by atoms with Crippen LogP contribution in [0.3, 0.4) is 0 Å². The van der Waals surface area contributed by atoms with Crippen LogP contribution in [0.1, 0.15) is 29.9 Å². The Hall–Kier alpha value is -4.01. The minimum absolute atomic E-state index is 0.0708. The maximum absolute atomic E-state index is 14.4. The molecular formula is C21H16F6N4O5. The molecule has 0 amide bonds. The molecule has 0 aliphatic heterocycles. The molecule has 1 unspecified atom stereocenters. The van der Waals surface area contributed by atoms with Crippen molar-refractivity contribution in [3.05, 3.63) is 86.5 Å². The molecule has 0 aliphatic rings. The largest absolute Gasteiger partial charge is 0.426 e. The maximum Gasteiger partial charge on any atom is 0.426 e. The van der Waals surface area contributed by atoms with E-state index in [0.717, 1.165) is 0 Å². The third-order valence-electron chi connectivity index (χ3n) is 4.99. The molecule has 0 saturated heterocycles. The first-order valence-electron chi connectivity index (χ1n) is 9.99. The van der Waals surface area contributed by atoms with Crippen molar-refractivity contribution >= 4 is 5.69 Å². The van der Waals surface area contributed by atoms with Gasteiger partial charge < -0.3 is 14.1 Å². The van der Waals surface area contributed by atoms with Crippen LogP contribution in [-0.4, -0.2) is 26.3 Å². The molecular weight excluding hydrogens is 502 g/mol. The van der Waals surface area contributed by atoms with E-state index in [1.54, 1.807) is 23.2 Å². The molecule has 0 aliphatic carbocycles. The van der Waals surface area contributed by atoms with E-state index in [1.165, 1.54) is 18.2 Å². The van der Waals surface area contributed by atoms with Crippen LogP contribution in [0.25, 0.3) is 11.6 Å². The minimum atomic E-state index is -5.24. The van der Waals surface area contributed by atoms with E-state index in [-0.39, 0.29) is 12.5 Å². The monoisotopic (exact) mass is 518 g/mol. The average Bonchev–Trinajstić information content (AvgIpc) is 3.28. The quantitative estimate of drug-likeness (QED) is 0.177. The van der Waals surface area contributed by atoms with Crippen LogP contribution in [0, 0.1) is 10.1 Å². The predicted molar refractivity (Wildman–Crippen MR) is 110 cm³/mol. The number of halogens is 6. The molecule has 0 spiro atoms. The molecule has 1 aromatic carbocycles. The van der Waals surface area contributed by atoms with Gasteiger partial charge in [0.1, 0.15) is 5.56 Å². The Morgan fingerprint density at radius 1 is 1.14 bits per heavy atom. The number of allylic oxidation sites excluding steroid dienone is 1. The Labute approximate surface area is 197 Å². The molecule has 2 heterocycles. The van der Waals surface area contributed by atoms with Crippen LogP contribution in [-0.2, 0) is 23.1 Å². The van der Waals surface area contributed by atoms with E-state index < -0.39 is 70.2 Å². The highest BCUT2D eigenvalue weighted by Gasteiger charge is 2.61. The standard InChI is InChI=1S/C21H16F6N4O5/c1-2-3-9-19(21(25,26)27,35-11-12-7-5-4-6-8-12)18-30-29-17(36-18)15-14(31(33)34)10-13(16(32)28-15)20(22,23)24/h2,4-8,10H,1,3,9,11H2,(H,28,32). The van der Waals surface area contributed by atoms with E-state index in [2.05, 4.69) is 16.8 Å². The van der Waals surface area contributed by atoms with Gasteiger partial charge in [-0.2, -0.15) is 26.3 Å². The number of aromatic amines is 1. The lowest BCUT2D eigenvalue weighted by Crippen LogP contribution is -2.45. The van der Waals surface area contributed by atoms with Crippen LogP contribution < -0.4 is 5.56 Å². The molecule has 192 valence electrons. The lowest BCUT2D eigenvalue weighted by Gasteiger charge is -2.32. The number of benzene rings is 1. The fourth-order valence-corrected chi connectivity index (χ4v) is 3.20. The second-order valence-electron chi connectivity index (χ2n) is 7.37. The lowest BCUT2D eigenvalue weighted by molar-refractivity contribution is -0.384. The highest BCUT2D eigenvalue weighted by molar-refractivity contribution is 5.62. The van der Waals surface area contributed by atoms with Crippen molar-refractivity contribution in [1.29, 1.82) is 0 Å². The summed E-state index contributed by atoms with van der Waals surface area (Å²) in [4.78, 5) is 23.6. The van der Waals surface area contributed by atoms with Crippen molar-refractivity contribution in [2.45, 2.75) is 37.4 Å². The number of pyridine rings is 1. The molecule has 3 rings (SSSR count). The van der Waals surface area contributed by atoms with Crippen molar-refractivity contribution in [2.24, 2.45) is 0 Å². The number of nitrogens with one attached hydrogen (secondary N) is 1. The fraction of sp³-hybridized carbons (Fsp3) is 0.286. The summed E-state index contributed by atoms with van der Waals surface area (Å²) >= 11 is 0. The van der Waals surface area contributed by atoms with Gasteiger partial charge in [0, 0.05) is 6.07 Å². The van der Waals surface area contributed by atoms with Gasteiger partial charge in [-0.3, -0.25) is 14.9 Å². The number of alkyl halides is 6. The first-order valence-corrected chi connectivity index (χ1v) is 9.99. The Kier molecular flexibility index (Phi) is 7.33. The Morgan fingerprint density at radius 3 is 2.36 bits per heavy atom. The van der Waals surface area contributed by atoms with Crippen molar-refractivity contribution < 1.29 is 40.4 Å². The molecule has 2 aromatic heterocycles. The molecule has 1 N–H and O–H groups in total. The summed E-state index contributed by atoms with van der Waals surface area (Å²) < 4.78 is 92.5. The predicted octanol–water partition coefficient (Wildman–Crippen LogP) is 5.29.